The molecule has 4 heterocycles. The van der Waals surface area contributed by atoms with Gasteiger partial charge in [0.05, 0.1) is 41.7 Å². The number of amides is 2. The van der Waals surface area contributed by atoms with E-state index in [4.69, 9.17) is 19.3 Å². The molecule has 2 aliphatic heterocycles. The average molecular weight is 620 g/mol. The first-order valence-corrected chi connectivity index (χ1v) is 15.4. The Morgan fingerprint density at radius 3 is 2.58 bits per heavy atom. The maximum Gasteiger partial charge on any atom is 0.240 e. The number of thioether (sulfide) groups is 1. The molecule has 7 rings (SSSR count). The van der Waals surface area contributed by atoms with E-state index in [0.717, 1.165) is 28.1 Å². The van der Waals surface area contributed by atoms with Gasteiger partial charge in [-0.25, -0.2) is 4.68 Å². The molecule has 0 spiro atoms. The van der Waals surface area contributed by atoms with Crippen molar-refractivity contribution >= 4 is 29.4 Å². The number of nitrogens with one attached hydrogen (secondary N) is 1. The van der Waals surface area contributed by atoms with Gasteiger partial charge in [-0.05, 0) is 54.1 Å². The summed E-state index contributed by atoms with van der Waals surface area (Å²) in [4.78, 5) is 33.3. The predicted octanol–water partition coefficient (Wildman–Crippen LogP) is 5.16. The lowest BCUT2D eigenvalue weighted by molar-refractivity contribution is -0.123. The molecule has 0 saturated heterocycles. The van der Waals surface area contributed by atoms with Crippen LogP contribution in [-0.4, -0.2) is 52.8 Å². The van der Waals surface area contributed by atoms with Gasteiger partial charge in [0.15, 0.2) is 11.5 Å². The van der Waals surface area contributed by atoms with Gasteiger partial charge in [0.2, 0.25) is 18.6 Å². The lowest BCUT2D eigenvalue weighted by Crippen LogP contribution is -2.42. The summed E-state index contributed by atoms with van der Waals surface area (Å²) in [7, 11) is 1.61. The highest BCUT2D eigenvalue weighted by atomic mass is 32.2. The maximum absolute atomic E-state index is 14.0. The molecule has 0 bridgehead atoms. The number of aromatic nitrogens is 3. The van der Waals surface area contributed by atoms with E-state index in [-0.39, 0.29) is 42.7 Å². The summed E-state index contributed by atoms with van der Waals surface area (Å²) in [6.45, 7) is 0.214. The third kappa shape index (κ3) is 5.69. The maximum atomic E-state index is 14.0. The highest BCUT2D eigenvalue weighted by Crippen LogP contribution is 2.50. The van der Waals surface area contributed by atoms with Crippen molar-refractivity contribution in [1.82, 2.24) is 20.1 Å². The predicted molar refractivity (Wildman–Crippen MR) is 171 cm³/mol. The minimum absolute atomic E-state index is 0.151. The van der Waals surface area contributed by atoms with Gasteiger partial charge in [0.1, 0.15) is 18.1 Å². The summed E-state index contributed by atoms with van der Waals surface area (Å²) in [5, 5.41) is 7.75. The number of nitrogens with zero attached hydrogens (tertiary/aromatic N) is 4. The van der Waals surface area contributed by atoms with Crippen molar-refractivity contribution in [3.05, 3.63) is 114 Å². The van der Waals surface area contributed by atoms with Crippen LogP contribution in [0.3, 0.4) is 0 Å². The third-order valence-electron chi connectivity index (χ3n) is 7.65. The molecule has 2 amide bonds. The van der Waals surface area contributed by atoms with E-state index >= 15 is 0 Å². The van der Waals surface area contributed by atoms with Gasteiger partial charge in [-0.3, -0.25) is 19.5 Å². The Morgan fingerprint density at radius 1 is 1.00 bits per heavy atom. The summed E-state index contributed by atoms with van der Waals surface area (Å²) < 4.78 is 18.5. The SMILES string of the molecule is COc1ccc(-n2nc(-c3ccccc3)c3c2N(CC(=O)NCc2ccccn2)C(=O)CS[C@@H]3c2ccc3c(c2)OCO3)cc1. The van der Waals surface area contributed by atoms with Crippen LogP contribution in [0.1, 0.15) is 22.1 Å². The number of pyridine rings is 1. The van der Waals surface area contributed by atoms with Crippen LogP contribution in [0, 0.1) is 0 Å². The van der Waals surface area contributed by atoms with Gasteiger partial charge in [0.25, 0.3) is 0 Å². The van der Waals surface area contributed by atoms with Crippen LogP contribution in [0.4, 0.5) is 5.82 Å². The van der Waals surface area contributed by atoms with Crippen LogP contribution in [-0.2, 0) is 16.1 Å². The summed E-state index contributed by atoms with van der Waals surface area (Å²) >= 11 is 1.50. The number of hydrogen-bond donors (Lipinski definition) is 1. The van der Waals surface area contributed by atoms with E-state index in [1.165, 1.54) is 11.8 Å². The van der Waals surface area contributed by atoms with Crippen molar-refractivity contribution in [3.63, 3.8) is 0 Å². The molecule has 0 saturated carbocycles. The van der Waals surface area contributed by atoms with Crippen molar-refractivity contribution in [2.24, 2.45) is 0 Å². The van der Waals surface area contributed by atoms with Crippen LogP contribution < -0.4 is 24.4 Å². The van der Waals surface area contributed by atoms with Gasteiger partial charge in [0, 0.05) is 17.3 Å². The zero-order valence-corrected chi connectivity index (χ0v) is 25.2. The number of rotatable bonds is 8. The van der Waals surface area contributed by atoms with E-state index in [9.17, 15) is 9.59 Å². The first-order chi connectivity index (χ1) is 22.1. The van der Waals surface area contributed by atoms with Gasteiger partial charge >= 0.3 is 0 Å². The second kappa shape index (κ2) is 12.4. The molecule has 0 fully saturated rings. The molecule has 5 aromatic rings. The van der Waals surface area contributed by atoms with Gasteiger partial charge in [-0.15, -0.1) is 11.8 Å². The lowest BCUT2D eigenvalue weighted by Gasteiger charge is -2.23. The number of benzene rings is 3. The molecular weight excluding hydrogens is 590 g/mol. The molecule has 0 aliphatic carbocycles. The average Bonchev–Trinajstić information content (AvgIpc) is 3.69. The first kappa shape index (κ1) is 28.5. The van der Waals surface area contributed by atoms with Crippen LogP contribution in [0.2, 0.25) is 0 Å². The molecule has 0 unspecified atom stereocenters. The molecule has 2 aliphatic rings. The lowest BCUT2D eigenvalue weighted by atomic mass is 9.99. The summed E-state index contributed by atoms with van der Waals surface area (Å²) in [5.74, 6) is 2.19. The number of methoxy groups -OCH3 is 1. The van der Waals surface area contributed by atoms with Gasteiger partial charge < -0.3 is 19.5 Å². The topological polar surface area (TPSA) is 108 Å². The molecule has 11 heteroatoms. The number of carbonyl (C=O) groups is 2. The standard InChI is InChI=1S/C34H29N5O5S/c1-42-26-13-11-25(12-14-26)39-34-31(32(37-39)22-7-3-2-4-8-22)33(23-10-15-27-28(17-23)44-21-43-27)45-20-30(41)38(34)19-29(40)36-18-24-9-5-6-16-35-24/h2-17,33H,18-21H2,1H3,(H,36,40)/t33-/m1/s1. The number of carbonyl (C=O) groups excluding carboxylic acids is 2. The molecular formula is C34H29N5O5S. The minimum atomic E-state index is -0.310. The molecule has 45 heavy (non-hydrogen) atoms. The number of fused-ring (bicyclic) bond motifs is 2. The third-order valence-corrected chi connectivity index (χ3v) is 8.90. The van der Waals surface area contributed by atoms with Gasteiger partial charge in [-0.1, -0.05) is 42.5 Å². The molecule has 226 valence electrons. The normalized spacial score (nSPS) is 15.4. The Hall–Kier alpha value is -5.29. The van der Waals surface area contributed by atoms with Crippen molar-refractivity contribution in [2.45, 2.75) is 11.8 Å². The zero-order valence-electron chi connectivity index (χ0n) is 24.4. The van der Waals surface area contributed by atoms with E-state index in [1.54, 1.807) is 22.9 Å². The second-order valence-corrected chi connectivity index (χ2v) is 11.5. The molecule has 1 atom stereocenters. The summed E-state index contributed by atoms with van der Waals surface area (Å²) in [5.41, 5.74) is 4.81. The number of hydrogen-bond acceptors (Lipinski definition) is 8. The highest BCUT2D eigenvalue weighted by Gasteiger charge is 2.38. The largest absolute Gasteiger partial charge is 0.497 e. The quantitative estimate of drug-likeness (QED) is 0.254. The Morgan fingerprint density at radius 2 is 1.80 bits per heavy atom. The van der Waals surface area contributed by atoms with Crippen LogP contribution in [0.25, 0.3) is 16.9 Å². The number of anilines is 1. The van der Waals surface area contributed by atoms with E-state index < -0.39 is 0 Å². The molecule has 2 aromatic heterocycles. The fraction of sp³-hybridized carbons (Fsp3) is 0.176. The second-order valence-electron chi connectivity index (χ2n) is 10.4. The van der Waals surface area contributed by atoms with Crippen molar-refractivity contribution in [1.29, 1.82) is 0 Å². The van der Waals surface area contributed by atoms with Crippen molar-refractivity contribution in [2.75, 3.05) is 31.1 Å². The monoisotopic (exact) mass is 619 g/mol. The Bertz CT molecular complexity index is 1850. The van der Waals surface area contributed by atoms with Crippen LogP contribution >= 0.6 is 11.8 Å². The Kier molecular flexibility index (Phi) is 7.83. The van der Waals surface area contributed by atoms with E-state index in [2.05, 4.69) is 10.3 Å². The fourth-order valence-corrected chi connectivity index (χ4v) is 6.65. The summed E-state index contributed by atoms with van der Waals surface area (Å²) in [6.07, 6.45) is 1.68. The minimum Gasteiger partial charge on any atom is -0.497 e. The Balaban J connectivity index is 1.38. The molecule has 3 aromatic carbocycles. The van der Waals surface area contributed by atoms with Crippen LogP contribution in [0.5, 0.6) is 17.2 Å². The fourth-order valence-electron chi connectivity index (χ4n) is 5.46. The zero-order chi connectivity index (χ0) is 30.8. The van der Waals surface area contributed by atoms with Crippen LogP contribution in [0.15, 0.2) is 97.2 Å². The Labute approximate surface area is 263 Å². The molecule has 1 N–H and O–H groups in total. The van der Waals surface area contributed by atoms with Crippen molar-refractivity contribution < 1.29 is 23.8 Å². The number of ether oxygens (including phenoxy) is 3. The molecule has 0 radical (unpaired) electrons. The molecule has 10 nitrogen and oxygen atoms in total. The van der Waals surface area contributed by atoms with E-state index in [0.29, 0.717) is 28.8 Å². The highest BCUT2D eigenvalue weighted by molar-refractivity contribution is 8.00. The van der Waals surface area contributed by atoms with Gasteiger partial charge in [-0.2, -0.15) is 5.10 Å². The van der Waals surface area contributed by atoms with E-state index in [1.807, 2.05) is 91.0 Å². The van der Waals surface area contributed by atoms with Crippen molar-refractivity contribution in [3.8, 4) is 34.2 Å². The smallest absolute Gasteiger partial charge is 0.240 e. The first-order valence-electron chi connectivity index (χ1n) is 14.4. The summed E-state index contributed by atoms with van der Waals surface area (Å²) in [6, 6.07) is 28.7.